The van der Waals surface area contributed by atoms with Gasteiger partial charge in [0.25, 0.3) is 0 Å². The topological polar surface area (TPSA) is 127 Å². The molecule has 11 nitrogen and oxygen atoms in total. The van der Waals surface area contributed by atoms with Gasteiger partial charge in [-0.3, -0.25) is 4.79 Å². The molecule has 13 heteroatoms. The van der Waals surface area contributed by atoms with Crippen molar-refractivity contribution in [3.8, 4) is 11.3 Å². The lowest BCUT2D eigenvalue weighted by atomic mass is 9.98. The molecule has 3 aromatic heterocycles. The summed E-state index contributed by atoms with van der Waals surface area (Å²) >= 11 is 12.1. The van der Waals surface area contributed by atoms with E-state index in [0.29, 0.717) is 22.5 Å². The van der Waals surface area contributed by atoms with Gasteiger partial charge in [-0.2, -0.15) is 0 Å². The quantitative estimate of drug-likeness (QED) is 0.263. The standard InChI is InChI=1S/C27H31Cl2N9O2/c1-27(2,3)24(39)40-16-38-15-23(35-36-38)18-5-7-37(14-18)26-33-13-22(34-26)19-11-31-25(32-12-19)30-6-4-17-8-20(28)10-21(29)9-17/h8-13,15,18H,4-7,14,16H2,1-3H3,(H,33,34)(H,30,31,32). The zero-order valence-corrected chi connectivity index (χ0v) is 24.1. The van der Waals surface area contributed by atoms with Crippen LogP contribution in [0.3, 0.4) is 0 Å². The van der Waals surface area contributed by atoms with Gasteiger partial charge in [-0.25, -0.2) is 19.6 Å². The van der Waals surface area contributed by atoms with Gasteiger partial charge in [0.05, 0.1) is 29.2 Å². The molecular formula is C27H31Cl2N9O2. The third kappa shape index (κ3) is 6.89. The Labute approximate surface area is 242 Å². The van der Waals surface area contributed by atoms with Crippen LogP contribution in [0.15, 0.2) is 43.0 Å². The highest BCUT2D eigenvalue weighted by Crippen LogP contribution is 2.29. The lowest BCUT2D eigenvalue weighted by Gasteiger charge is -2.16. The lowest BCUT2D eigenvalue weighted by molar-refractivity contribution is -0.157. The van der Waals surface area contributed by atoms with Crippen molar-refractivity contribution < 1.29 is 9.53 Å². The van der Waals surface area contributed by atoms with Crippen LogP contribution in [-0.4, -0.2) is 60.5 Å². The maximum atomic E-state index is 12.0. The normalized spacial score (nSPS) is 15.4. The van der Waals surface area contributed by atoms with E-state index in [9.17, 15) is 4.79 Å². The molecule has 4 heterocycles. The summed E-state index contributed by atoms with van der Waals surface area (Å²) in [6, 6.07) is 5.51. The van der Waals surface area contributed by atoms with Crippen molar-refractivity contribution in [3.63, 3.8) is 0 Å². The third-order valence-electron chi connectivity index (χ3n) is 6.55. The second-order valence-corrected chi connectivity index (χ2v) is 11.7. The summed E-state index contributed by atoms with van der Waals surface area (Å²) in [4.78, 5) is 31.0. The number of nitrogens with zero attached hydrogens (tertiary/aromatic N) is 7. The SMILES string of the molecule is CC(C)(C)C(=O)OCn1cc(C2CCN(c3ncc(-c4cnc(NCCc5cc(Cl)cc(Cl)c5)nc4)[nH]3)C2)nn1. The molecule has 2 N–H and O–H groups in total. The minimum atomic E-state index is -0.559. The van der Waals surface area contributed by atoms with Crippen LogP contribution in [0.5, 0.6) is 0 Å². The number of rotatable bonds is 9. The van der Waals surface area contributed by atoms with Crippen molar-refractivity contribution >= 4 is 41.1 Å². The van der Waals surface area contributed by atoms with Crippen LogP contribution in [0.4, 0.5) is 11.9 Å². The van der Waals surface area contributed by atoms with Crippen LogP contribution >= 0.6 is 23.2 Å². The van der Waals surface area contributed by atoms with E-state index < -0.39 is 5.41 Å². The molecule has 210 valence electrons. The molecule has 0 spiro atoms. The average molecular weight is 585 g/mol. The fourth-order valence-corrected chi connectivity index (χ4v) is 4.92. The number of hydrogen-bond donors (Lipinski definition) is 2. The molecule has 0 saturated carbocycles. The van der Waals surface area contributed by atoms with E-state index in [2.05, 4.69) is 40.5 Å². The highest BCUT2D eigenvalue weighted by atomic mass is 35.5. The molecule has 5 rings (SSSR count). The molecule has 0 bridgehead atoms. The Hall–Kier alpha value is -3.70. The summed E-state index contributed by atoms with van der Waals surface area (Å²) in [5.74, 6) is 1.25. The number of aromatic amines is 1. The Bertz CT molecular complexity index is 1440. The van der Waals surface area contributed by atoms with E-state index in [1.54, 1.807) is 29.3 Å². The first-order valence-electron chi connectivity index (χ1n) is 13.0. The molecule has 1 aliphatic heterocycles. The second-order valence-electron chi connectivity index (χ2n) is 10.8. The number of carbonyl (C=O) groups is 1. The largest absolute Gasteiger partial charge is 0.442 e. The van der Waals surface area contributed by atoms with Crippen molar-refractivity contribution in [2.24, 2.45) is 5.41 Å². The Balaban J connectivity index is 1.12. The second kappa shape index (κ2) is 11.8. The number of esters is 1. The Morgan fingerprint density at radius 3 is 2.60 bits per heavy atom. The van der Waals surface area contributed by atoms with Crippen molar-refractivity contribution in [1.29, 1.82) is 0 Å². The molecule has 1 saturated heterocycles. The summed E-state index contributed by atoms with van der Waals surface area (Å²) in [5, 5.41) is 12.9. The number of halogens is 2. The van der Waals surface area contributed by atoms with Crippen LogP contribution in [0.2, 0.25) is 10.0 Å². The number of aromatic nitrogens is 7. The van der Waals surface area contributed by atoms with Crippen LogP contribution in [-0.2, 0) is 22.7 Å². The minimum absolute atomic E-state index is 0.0498. The van der Waals surface area contributed by atoms with E-state index in [-0.39, 0.29) is 18.6 Å². The van der Waals surface area contributed by atoms with Crippen molar-refractivity contribution in [3.05, 3.63) is 64.3 Å². The van der Waals surface area contributed by atoms with Crippen LogP contribution in [0, 0.1) is 5.41 Å². The zero-order chi connectivity index (χ0) is 28.3. The van der Waals surface area contributed by atoms with Gasteiger partial charge in [0.2, 0.25) is 11.9 Å². The molecule has 1 aliphatic rings. The van der Waals surface area contributed by atoms with Gasteiger partial charge >= 0.3 is 5.97 Å². The highest BCUT2D eigenvalue weighted by Gasteiger charge is 2.28. The van der Waals surface area contributed by atoms with Gasteiger partial charge in [0.15, 0.2) is 6.73 Å². The Kier molecular flexibility index (Phi) is 8.22. The molecule has 4 aromatic rings. The number of H-pyrrole nitrogens is 1. The smallest absolute Gasteiger partial charge is 0.313 e. The average Bonchev–Trinajstić information content (AvgIpc) is 3.67. The number of benzene rings is 1. The van der Waals surface area contributed by atoms with Crippen molar-refractivity contribution in [1.82, 2.24) is 34.9 Å². The van der Waals surface area contributed by atoms with Gasteiger partial charge in [-0.1, -0.05) is 28.4 Å². The first-order valence-corrected chi connectivity index (χ1v) is 13.8. The van der Waals surface area contributed by atoms with Gasteiger partial charge in [-0.05, 0) is 57.4 Å². The highest BCUT2D eigenvalue weighted by molar-refractivity contribution is 6.34. The molecule has 1 aromatic carbocycles. The minimum Gasteiger partial charge on any atom is -0.442 e. The maximum absolute atomic E-state index is 12.0. The Morgan fingerprint density at radius 1 is 1.12 bits per heavy atom. The molecule has 40 heavy (non-hydrogen) atoms. The summed E-state index contributed by atoms with van der Waals surface area (Å²) in [6.07, 6.45) is 8.82. The number of hydrogen-bond acceptors (Lipinski definition) is 9. The van der Waals surface area contributed by atoms with Gasteiger partial charge in [0, 0.05) is 53.6 Å². The zero-order valence-electron chi connectivity index (χ0n) is 22.6. The number of imidazole rings is 1. The Morgan fingerprint density at radius 2 is 1.88 bits per heavy atom. The number of anilines is 2. The molecule has 0 aliphatic carbocycles. The van der Waals surface area contributed by atoms with E-state index in [1.807, 2.05) is 39.1 Å². The third-order valence-corrected chi connectivity index (χ3v) is 6.98. The van der Waals surface area contributed by atoms with Crippen LogP contribution in [0.25, 0.3) is 11.3 Å². The lowest BCUT2D eigenvalue weighted by Crippen LogP contribution is -2.24. The summed E-state index contributed by atoms with van der Waals surface area (Å²) in [5.41, 5.74) is 3.04. The molecule has 1 atom stereocenters. The van der Waals surface area contributed by atoms with E-state index in [0.717, 1.165) is 54.4 Å². The van der Waals surface area contributed by atoms with Crippen molar-refractivity contribution in [2.75, 3.05) is 29.9 Å². The monoisotopic (exact) mass is 583 g/mol. The van der Waals surface area contributed by atoms with Crippen molar-refractivity contribution in [2.45, 2.75) is 46.3 Å². The molecule has 1 unspecified atom stereocenters. The van der Waals surface area contributed by atoms with Crippen LogP contribution < -0.4 is 10.2 Å². The molecule has 0 amide bonds. The summed E-state index contributed by atoms with van der Waals surface area (Å²) < 4.78 is 6.88. The van der Waals surface area contributed by atoms with Gasteiger partial charge in [0.1, 0.15) is 0 Å². The fourth-order valence-electron chi connectivity index (χ4n) is 4.35. The predicted octanol–water partition coefficient (Wildman–Crippen LogP) is 4.96. The van der Waals surface area contributed by atoms with Crippen LogP contribution in [0.1, 0.15) is 44.4 Å². The number of ether oxygens (including phenoxy) is 1. The number of nitrogens with one attached hydrogen (secondary N) is 2. The summed E-state index contributed by atoms with van der Waals surface area (Å²) in [6.45, 7) is 7.74. The molecule has 1 fully saturated rings. The van der Waals surface area contributed by atoms with E-state index >= 15 is 0 Å². The molecular weight excluding hydrogens is 553 g/mol. The first-order chi connectivity index (χ1) is 19.1. The summed E-state index contributed by atoms with van der Waals surface area (Å²) in [7, 11) is 0. The fraction of sp³-hybridized carbons (Fsp3) is 0.407. The van der Waals surface area contributed by atoms with E-state index in [1.165, 1.54) is 0 Å². The van der Waals surface area contributed by atoms with Gasteiger partial charge in [-0.15, -0.1) is 5.10 Å². The van der Waals surface area contributed by atoms with E-state index in [4.69, 9.17) is 27.9 Å². The van der Waals surface area contributed by atoms with Gasteiger partial charge < -0.3 is 19.9 Å². The first kappa shape index (κ1) is 27.9. The molecule has 0 radical (unpaired) electrons. The predicted molar refractivity (Wildman–Crippen MR) is 153 cm³/mol. The maximum Gasteiger partial charge on any atom is 0.313 e. The number of carbonyl (C=O) groups excluding carboxylic acids is 1.